The van der Waals surface area contributed by atoms with E-state index in [2.05, 4.69) is 6.58 Å². The Morgan fingerprint density at radius 1 is 1.65 bits per heavy atom. The van der Waals surface area contributed by atoms with E-state index in [4.69, 9.17) is 9.84 Å². The maximum atomic E-state index is 12.1. The van der Waals surface area contributed by atoms with Crippen molar-refractivity contribution in [3.05, 3.63) is 12.7 Å². The van der Waals surface area contributed by atoms with Gasteiger partial charge in [-0.3, -0.25) is 9.59 Å². The lowest BCUT2D eigenvalue weighted by Crippen LogP contribution is -2.42. The average molecular weight is 241 g/mol. The van der Waals surface area contributed by atoms with Gasteiger partial charge < -0.3 is 14.7 Å². The lowest BCUT2D eigenvalue weighted by Gasteiger charge is -2.25. The van der Waals surface area contributed by atoms with Crippen LogP contribution in [0, 0.1) is 5.92 Å². The predicted molar refractivity (Wildman–Crippen MR) is 62.6 cm³/mol. The molecular weight excluding hydrogens is 222 g/mol. The number of carboxylic acids is 1. The van der Waals surface area contributed by atoms with Gasteiger partial charge in [0.2, 0.25) is 0 Å². The van der Waals surface area contributed by atoms with Crippen LogP contribution in [0.5, 0.6) is 0 Å². The van der Waals surface area contributed by atoms with Crippen molar-refractivity contribution in [3.8, 4) is 0 Å². The van der Waals surface area contributed by atoms with Crippen LogP contribution in [-0.4, -0.2) is 47.7 Å². The Morgan fingerprint density at radius 3 is 2.82 bits per heavy atom. The van der Waals surface area contributed by atoms with Crippen LogP contribution in [0.1, 0.15) is 19.8 Å². The maximum absolute atomic E-state index is 12.1. The third-order valence-corrected chi connectivity index (χ3v) is 2.78. The number of carboxylic acid groups (broad SMARTS) is 1. The molecule has 1 N–H and O–H groups in total. The van der Waals surface area contributed by atoms with E-state index < -0.39 is 18.0 Å². The molecular formula is C12H19NO4. The van der Waals surface area contributed by atoms with Crippen LogP contribution in [0.15, 0.2) is 12.7 Å². The number of carbonyl (C=O) groups is 2. The highest BCUT2D eigenvalue weighted by molar-refractivity contribution is 5.82. The molecule has 1 saturated heterocycles. The zero-order valence-corrected chi connectivity index (χ0v) is 10.1. The fourth-order valence-electron chi connectivity index (χ4n) is 1.80. The first-order valence-corrected chi connectivity index (χ1v) is 5.80. The zero-order chi connectivity index (χ0) is 12.8. The highest BCUT2D eigenvalue weighted by Crippen LogP contribution is 2.15. The summed E-state index contributed by atoms with van der Waals surface area (Å²) < 4.78 is 5.31. The molecule has 1 fully saturated rings. The van der Waals surface area contributed by atoms with Gasteiger partial charge >= 0.3 is 5.97 Å². The molecule has 1 heterocycles. The third kappa shape index (κ3) is 3.85. The molecule has 2 atom stereocenters. The maximum Gasteiger partial charge on any atom is 0.308 e. The first-order chi connectivity index (χ1) is 8.06. The van der Waals surface area contributed by atoms with Crippen LogP contribution >= 0.6 is 0 Å². The Balaban J connectivity index is 2.60. The van der Waals surface area contributed by atoms with Gasteiger partial charge in [0.25, 0.3) is 5.91 Å². The number of rotatable bonds is 6. The molecule has 96 valence electrons. The molecule has 5 nitrogen and oxygen atoms in total. The monoisotopic (exact) mass is 241 g/mol. The normalized spacial score (nSPS) is 20.9. The topological polar surface area (TPSA) is 66.8 Å². The SMILES string of the molecule is C=CCN(CC(C)C(=O)O)C(=O)C1CCCO1. The lowest BCUT2D eigenvalue weighted by molar-refractivity contribution is -0.145. The standard InChI is InChI=1S/C12H19NO4/c1-3-6-13(8-9(2)12(15)16)11(14)10-5-4-7-17-10/h3,9-10H,1,4-8H2,2H3,(H,15,16). The van der Waals surface area contributed by atoms with Crippen molar-refractivity contribution in [2.75, 3.05) is 19.7 Å². The van der Waals surface area contributed by atoms with E-state index in [0.29, 0.717) is 19.6 Å². The van der Waals surface area contributed by atoms with Gasteiger partial charge in [0.05, 0.1) is 5.92 Å². The molecule has 0 radical (unpaired) electrons. The number of hydrogen-bond acceptors (Lipinski definition) is 3. The van der Waals surface area contributed by atoms with Crippen molar-refractivity contribution in [2.24, 2.45) is 5.92 Å². The van der Waals surface area contributed by atoms with E-state index in [1.165, 1.54) is 4.90 Å². The van der Waals surface area contributed by atoms with Crippen LogP contribution in [0.3, 0.4) is 0 Å². The molecule has 1 aliphatic rings. The second-order valence-electron chi connectivity index (χ2n) is 4.27. The van der Waals surface area contributed by atoms with Crippen molar-refractivity contribution >= 4 is 11.9 Å². The minimum Gasteiger partial charge on any atom is -0.481 e. The van der Waals surface area contributed by atoms with Gasteiger partial charge in [-0.1, -0.05) is 13.0 Å². The Bertz CT molecular complexity index is 297. The second-order valence-corrected chi connectivity index (χ2v) is 4.27. The van der Waals surface area contributed by atoms with E-state index in [-0.39, 0.29) is 12.5 Å². The van der Waals surface area contributed by atoms with Crippen molar-refractivity contribution < 1.29 is 19.4 Å². The summed E-state index contributed by atoms with van der Waals surface area (Å²) in [7, 11) is 0. The Morgan fingerprint density at radius 2 is 2.35 bits per heavy atom. The number of ether oxygens (including phenoxy) is 1. The quantitative estimate of drug-likeness (QED) is 0.702. The van der Waals surface area contributed by atoms with Gasteiger partial charge in [-0.15, -0.1) is 6.58 Å². The summed E-state index contributed by atoms with van der Waals surface area (Å²) >= 11 is 0. The molecule has 0 aromatic carbocycles. The number of amides is 1. The van der Waals surface area contributed by atoms with E-state index in [1.54, 1.807) is 13.0 Å². The van der Waals surface area contributed by atoms with Crippen molar-refractivity contribution in [3.63, 3.8) is 0 Å². The van der Waals surface area contributed by atoms with Crippen molar-refractivity contribution in [2.45, 2.75) is 25.9 Å². The smallest absolute Gasteiger partial charge is 0.308 e. The fourth-order valence-corrected chi connectivity index (χ4v) is 1.80. The van der Waals surface area contributed by atoms with Crippen LogP contribution < -0.4 is 0 Å². The van der Waals surface area contributed by atoms with Gasteiger partial charge in [-0.05, 0) is 12.8 Å². The molecule has 1 aliphatic heterocycles. The third-order valence-electron chi connectivity index (χ3n) is 2.78. The number of aliphatic carboxylic acids is 1. The summed E-state index contributed by atoms with van der Waals surface area (Å²) in [6, 6.07) is 0. The summed E-state index contributed by atoms with van der Waals surface area (Å²) in [5, 5.41) is 8.85. The van der Waals surface area contributed by atoms with Crippen LogP contribution in [0.25, 0.3) is 0 Å². The molecule has 0 bridgehead atoms. The molecule has 0 aromatic rings. The van der Waals surface area contributed by atoms with Gasteiger partial charge in [-0.2, -0.15) is 0 Å². The first kappa shape index (κ1) is 13.7. The van der Waals surface area contributed by atoms with Crippen LogP contribution in [-0.2, 0) is 14.3 Å². The van der Waals surface area contributed by atoms with Gasteiger partial charge in [0.15, 0.2) is 0 Å². The lowest BCUT2D eigenvalue weighted by atomic mass is 10.1. The molecule has 0 spiro atoms. The van der Waals surface area contributed by atoms with E-state index in [1.807, 2.05) is 0 Å². The largest absolute Gasteiger partial charge is 0.481 e. The molecule has 2 unspecified atom stereocenters. The van der Waals surface area contributed by atoms with Gasteiger partial charge in [-0.25, -0.2) is 0 Å². The molecule has 5 heteroatoms. The Hall–Kier alpha value is -1.36. The molecule has 1 amide bonds. The highest BCUT2D eigenvalue weighted by Gasteiger charge is 2.29. The number of hydrogen-bond donors (Lipinski definition) is 1. The van der Waals surface area contributed by atoms with E-state index in [9.17, 15) is 9.59 Å². The minimum atomic E-state index is -0.904. The molecule has 17 heavy (non-hydrogen) atoms. The molecule has 0 aliphatic carbocycles. The summed E-state index contributed by atoms with van der Waals surface area (Å²) in [6.07, 6.45) is 2.79. The van der Waals surface area contributed by atoms with Crippen LogP contribution in [0.2, 0.25) is 0 Å². The second kappa shape index (κ2) is 6.39. The summed E-state index contributed by atoms with van der Waals surface area (Å²) in [5.41, 5.74) is 0. The minimum absolute atomic E-state index is 0.129. The number of nitrogens with zero attached hydrogens (tertiary/aromatic N) is 1. The molecule has 0 aromatic heterocycles. The Labute approximate surface area is 101 Å². The van der Waals surface area contributed by atoms with Gasteiger partial charge in [0.1, 0.15) is 6.10 Å². The highest BCUT2D eigenvalue weighted by atomic mass is 16.5. The first-order valence-electron chi connectivity index (χ1n) is 5.80. The van der Waals surface area contributed by atoms with Crippen LogP contribution in [0.4, 0.5) is 0 Å². The zero-order valence-electron chi connectivity index (χ0n) is 10.1. The van der Waals surface area contributed by atoms with Gasteiger partial charge in [0, 0.05) is 19.7 Å². The summed E-state index contributed by atoms with van der Waals surface area (Å²) in [5.74, 6) is -1.62. The number of carbonyl (C=O) groups excluding carboxylic acids is 1. The average Bonchev–Trinajstić information content (AvgIpc) is 2.80. The van der Waals surface area contributed by atoms with E-state index >= 15 is 0 Å². The fraction of sp³-hybridized carbons (Fsp3) is 0.667. The predicted octanol–water partition coefficient (Wildman–Crippen LogP) is 0.901. The Kier molecular flexibility index (Phi) is 5.15. The van der Waals surface area contributed by atoms with E-state index in [0.717, 1.165) is 6.42 Å². The molecule has 0 saturated carbocycles. The summed E-state index contributed by atoms with van der Waals surface area (Å²) in [4.78, 5) is 24.3. The van der Waals surface area contributed by atoms with Crippen molar-refractivity contribution in [1.82, 2.24) is 4.90 Å². The molecule has 1 rings (SSSR count). The van der Waals surface area contributed by atoms with Crippen molar-refractivity contribution in [1.29, 1.82) is 0 Å². The summed E-state index contributed by atoms with van der Waals surface area (Å²) in [6.45, 7) is 6.32.